The summed E-state index contributed by atoms with van der Waals surface area (Å²) in [5.41, 5.74) is 0.0761. The third kappa shape index (κ3) is 1.96. The van der Waals surface area contributed by atoms with Gasteiger partial charge in [-0.3, -0.25) is 9.78 Å². The minimum Gasteiger partial charge on any atom is -0.508 e. The molecule has 2 rings (SSSR count). The highest BCUT2D eigenvalue weighted by atomic mass is 16.3. The van der Waals surface area contributed by atoms with Crippen molar-refractivity contribution in [1.82, 2.24) is 9.97 Å². The van der Waals surface area contributed by atoms with Gasteiger partial charge in [-0.15, -0.1) is 0 Å². The van der Waals surface area contributed by atoms with Crippen LogP contribution >= 0.6 is 0 Å². The molecule has 0 bridgehead atoms. The van der Waals surface area contributed by atoms with E-state index < -0.39 is 11.2 Å². The molecule has 5 heteroatoms. The molecule has 15 heavy (non-hydrogen) atoms. The van der Waals surface area contributed by atoms with Gasteiger partial charge in [0.15, 0.2) is 0 Å². The van der Waals surface area contributed by atoms with Crippen molar-refractivity contribution in [1.29, 1.82) is 0 Å². The first-order chi connectivity index (χ1) is 7.15. The van der Waals surface area contributed by atoms with Gasteiger partial charge in [0.2, 0.25) is 0 Å². The summed E-state index contributed by atoms with van der Waals surface area (Å²) < 4.78 is 0. The van der Waals surface area contributed by atoms with Crippen molar-refractivity contribution >= 4 is 0 Å². The van der Waals surface area contributed by atoms with E-state index in [2.05, 4.69) is 9.97 Å². The maximum Gasteiger partial charge on any atom is 0.326 e. The molecular weight excluding hydrogens is 196 g/mol. The highest BCUT2D eigenvalue weighted by molar-refractivity contribution is 5.59. The minimum atomic E-state index is -0.550. The van der Waals surface area contributed by atoms with Crippen LogP contribution in [-0.4, -0.2) is 15.1 Å². The highest BCUT2D eigenvalue weighted by Crippen LogP contribution is 2.17. The van der Waals surface area contributed by atoms with Gasteiger partial charge in [0.05, 0.1) is 5.69 Å². The van der Waals surface area contributed by atoms with E-state index in [9.17, 15) is 9.59 Å². The van der Waals surface area contributed by atoms with Gasteiger partial charge < -0.3 is 10.1 Å². The van der Waals surface area contributed by atoms with Crippen molar-refractivity contribution < 1.29 is 5.11 Å². The van der Waals surface area contributed by atoms with Gasteiger partial charge in [-0.25, -0.2) is 4.79 Å². The van der Waals surface area contributed by atoms with Crippen LogP contribution in [0.3, 0.4) is 0 Å². The average Bonchev–Trinajstić information content (AvgIpc) is 2.17. The third-order valence-electron chi connectivity index (χ3n) is 1.94. The molecule has 0 unspecified atom stereocenters. The number of phenols is 1. The van der Waals surface area contributed by atoms with Crippen LogP contribution in [0.1, 0.15) is 0 Å². The number of nitrogens with one attached hydrogen (secondary N) is 2. The molecule has 1 heterocycles. The first-order valence-corrected chi connectivity index (χ1v) is 4.28. The molecule has 0 aliphatic heterocycles. The lowest BCUT2D eigenvalue weighted by atomic mass is 10.1. The van der Waals surface area contributed by atoms with Gasteiger partial charge >= 0.3 is 5.69 Å². The number of hydrogen-bond donors (Lipinski definition) is 3. The maximum absolute atomic E-state index is 11.0. The largest absolute Gasteiger partial charge is 0.508 e. The Hall–Kier alpha value is -2.30. The molecule has 1 aromatic heterocycles. The summed E-state index contributed by atoms with van der Waals surface area (Å²) in [5, 5.41) is 9.07. The molecule has 0 aliphatic carbocycles. The van der Waals surface area contributed by atoms with Crippen LogP contribution in [0.25, 0.3) is 11.3 Å². The van der Waals surface area contributed by atoms with Gasteiger partial charge in [0.1, 0.15) is 5.75 Å². The standard InChI is InChI=1S/C10H8N2O3/c13-7-3-1-6(2-4-7)8-5-9(14)12-10(15)11-8/h1-5,13H,(H2,11,12,14,15). The normalized spacial score (nSPS) is 10.1. The molecule has 2 aromatic rings. The van der Waals surface area contributed by atoms with Crippen LogP contribution in [0.2, 0.25) is 0 Å². The fourth-order valence-corrected chi connectivity index (χ4v) is 1.27. The first kappa shape index (κ1) is 9.26. The first-order valence-electron chi connectivity index (χ1n) is 4.28. The number of hydrogen-bond acceptors (Lipinski definition) is 3. The molecule has 76 valence electrons. The number of phenolic OH excluding ortho intramolecular Hbond substituents is 1. The molecule has 0 atom stereocenters. The molecular formula is C10H8N2O3. The van der Waals surface area contributed by atoms with Gasteiger partial charge in [0, 0.05) is 6.07 Å². The van der Waals surface area contributed by atoms with Crippen LogP contribution in [0, 0.1) is 0 Å². The molecule has 0 aliphatic rings. The van der Waals surface area contributed by atoms with E-state index in [1.165, 1.54) is 18.2 Å². The molecule has 0 spiro atoms. The van der Waals surface area contributed by atoms with Crippen molar-refractivity contribution in [2.45, 2.75) is 0 Å². The average molecular weight is 204 g/mol. The maximum atomic E-state index is 11.0. The quantitative estimate of drug-likeness (QED) is 0.629. The van der Waals surface area contributed by atoms with E-state index in [0.29, 0.717) is 11.3 Å². The second kappa shape index (κ2) is 3.45. The van der Waals surface area contributed by atoms with E-state index in [0.717, 1.165) is 0 Å². The second-order valence-corrected chi connectivity index (χ2v) is 3.05. The van der Waals surface area contributed by atoms with E-state index in [4.69, 9.17) is 5.11 Å². The van der Waals surface area contributed by atoms with Crippen molar-refractivity contribution in [3.05, 3.63) is 51.2 Å². The molecule has 0 saturated carbocycles. The fourth-order valence-electron chi connectivity index (χ4n) is 1.27. The number of rotatable bonds is 1. The van der Waals surface area contributed by atoms with Crippen LogP contribution in [-0.2, 0) is 0 Å². The molecule has 0 amide bonds. The molecule has 5 nitrogen and oxygen atoms in total. The van der Waals surface area contributed by atoms with Crippen LogP contribution in [0.4, 0.5) is 0 Å². The Morgan fingerprint density at radius 1 is 1.00 bits per heavy atom. The Morgan fingerprint density at radius 2 is 1.67 bits per heavy atom. The zero-order chi connectivity index (χ0) is 10.8. The summed E-state index contributed by atoms with van der Waals surface area (Å²) in [5.74, 6) is 0.130. The van der Waals surface area contributed by atoms with Crippen LogP contribution in [0.5, 0.6) is 5.75 Å². The zero-order valence-corrected chi connectivity index (χ0v) is 7.65. The van der Waals surface area contributed by atoms with Gasteiger partial charge in [-0.05, 0) is 29.8 Å². The number of H-pyrrole nitrogens is 2. The smallest absolute Gasteiger partial charge is 0.326 e. The Labute approximate surface area is 84.0 Å². The summed E-state index contributed by atoms with van der Waals surface area (Å²) in [6, 6.07) is 7.47. The van der Waals surface area contributed by atoms with E-state index in [-0.39, 0.29) is 5.75 Å². The van der Waals surface area contributed by atoms with Crippen LogP contribution < -0.4 is 11.2 Å². The topological polar surface area (TPSA) is 85.9 Å². The van der Waals surface area contributed by atoms with Crippen LogP contribution in [0.15, 0.2) is 39.9 Å². The highest BCUT2D eigenvalue weighted by Gasteiger charge is 2.00. The van der Waals surface area contributed by atoms with Crippen molar-refractivity contribution in [2.75, 3.05) is 0 Å². The molecule has 0 fully saturated rings. The summed E-state index contributed by atoms with van der Waals surface area (Å²) in [7, 11) is 0. The van der Waals surface area contributed by atoms with Crippen molar-refractivity contribution in [3.8, 4) is 17.0 Å². The Morgan fingerprint density at radius 3 is 2.27 bits per heavy atom. The lowest BCUT2D eigenvalue weighted by molar-refractivity contribution is 0.475. The predicted octanol–water partition coefficient (Wildman–Crippen LogP) is 0.436. The summed E-state index contributed by atoms with van der Waals surface area (Å²) in [6.45, 7) is 0. The molecule has 3 N–H and O–H groups in total. The predicted molar refractivity (Wildman–Crippen MR) is 54.8 cm³/mol. The minimum absolute atomic E-state index is 0.130. The van der Waals surface area contributed by atoms with Gasteiger partial charge in [0.25, 0.3) is 5.56 Å². The van der Waals surface area contributed by atoms with E-state index in [1.807, 2.05) is 0 Å². The lowest BCUT2D eigenvalue weighted by Crippen LogP contribution is -2.21. The van der Waals surface area contributed by atoms with Gasteiger partial charge in [-0.1, -0.05) is 0 Å². The fraction of sp³-hybridized carbons (Fsp3) is 0. The number of aromatic hydroxyl groups is 1. The molecule has 0 radical (unpaired) electrons. The zero-order valence-electron chi connectivity index (χ0n) is 7.65. The number of aromatic nitrogens is 2. The lowest BCUT2D eigenvalue weighted by Gasteiger charge is -1.99. The van der Waals surface area contributed by atoms with E-state index in [1.54, 1.807) is 12.1 Å². The number of aromatic amines is 2. The molecule has 0 saturated heterocycles. The second-order valence-electron chi connectivity index (χ2n) is 3.05. The monoisotopic (exact) mass is 204 g/mol. The summed E-state index contributed by atoms with van der Waals surface area (Å²) in [4.78, 5) is 26.6. The van der Waals surface area contributed by atoms with Gasteiger partial charge in [-0.2, -0.15) is 0 Å². The SMILES string of the molecule is O=c1cc(-c2ccc(O)cc2)[nH]c(=O)[nH]1. The Bertz CT molecular complexity index is 552. The van der Waals surface area contributed by atoms with E-state index >= 15 is 0 Å². The number of benzene rings is 1. The Kier molecular flexibility index (Phi) is 2.13. The Balaban J connectivity index is 2.59. The molecule has 1 aromatic carbocycles. The third-order valence-corrected chi connectivity index (χ3v) is 1.94. The van der Waals surface area contributed by atoms with Crippen molar-refractivity contribution in [3.63, 3.8) is 0 Å². The summed E-state index contributed by atoms with van der Waals surface area (Å²) in [6.07, 6.45) is 0. The van der Waals surface area contributed by atoms with Crippen molar-refractivity contribution in [2.24, 2.45) is 0 Å². The summed E-state index contributed by atoms with van der Waals surface area (Å²) >= 11 is 0.